The zero-order chi connectivity index (χ0) is 11.7. The van der Waals surface area contributed by atoms with Gasteiger partial charge in [-0.3, -0.25) is 4.98 Å². The quantitative estimate of drug-likeness (QED) is 0.804. The molecule has 0 radical (unpaired) electrons. The first-order valence-electron chi connectivity index (χ1n) is 5.99. The summed E-state index contributed by atoms with van der Waals surface area (Å²) >= 11 is 5.32. The Hall–Kier alpha value is -1.48. The van der Waals surface area contributed by atoms with Crippen LogP contribution in [0.4, 0.5) is 0 Å². The fourth-order valence-electron chi connectivity index (χ4n) is 2.33. The van der Waals surface area contributed by atoms with Crippen molar-refractivity contribution in [2.75, 3.05) is 0 Å². The van der Waals surface area contributed by atoms with Gasteiger partial charge in [-0.1, -0.05) is 42.9 Å². The van der Waals surface area contributed by atoms with Crippen molar-refractivity contribution in [3.05, 3.63) is 46.9 Å². The van der Waals surface area contributed by atoms with Gasteiger partial charge in [-0.2, -0.15) is 0 Å². The standard InChI is InChI=1S/C14H14N2S/c17-14-13(15-8-9-16-14)12-7-2-1-6-11(12)10-4-3-5-10/h1-2,6-10H,3-5H2,(H,16,17). The van der Waals surface area contributed by atoms with Crippen LogP contribution < -0.4 is 0 Å². The minimum absolute atomic E-state index is 0.697. The Morgan fingerprint density at radius 1 is 1.24 bits per heavy atom. The van der Waals surface area contributed by atoms with Crippen LogP contribution in [0.1, 0.15) is 30.7 Å². The summed E-state index contributed by atoms with van der Waals surface area (Å²) in [6.07, 6.45) is 7.47. The molecule has 0 atom stereocenters. The maximum absolute atomic E-state index is 5.32. The summed E-state index contributed by atoms with van der Waals surface area (Å²) in [5, 5.41) is 0. The Bertz CT molecular complexity index is 585. The molecule has 0 unspecified atom stereocenters. The summed E-state index contributed by atoms with van der Waals surface area (Å²) in [6.45, 7) is 0. The van der Waals surface area contributed by atoms with Crippen molar-refractivity contribution >= 4 is 12.2 Å². The number of nitrogens with one attached hydrogen (secondary N) is 1. The largest absolute Gasteiger partial charge is 0.350 e. The Kier molecular flexibility index (Phi) is 2.77. The van der Waals surface area contributed by atoms with Gasteiger partial charge in [0.15, 0.2) is 0 Å². The van der Waals surface area contributed by atoms with Crippen LogP contribution in [0.3, 0.4) is 0 Å². The Morgan fingerprint density at radius 2 is 2.06 bits per heavy atom. The van der Waals surface area contributed by atoms with Crippen LogP contribution in [0.25, 0.3) is 11.3 Å². The molecule has 1 N–H and O–H groups in total. The number of nitrogens with zero attached hydrogens (tertiary/aromatic N) is 1. The fraction of sp³-hybridized carbons (Fsp3) is 0.286. The average Bonchev–Trinajstić information content (AvgIpc) is 2.29. The number of hydrogen-bond donors (Lipinski definition) is 1. The lowest BCUT2D eigenvalue weighted by molar-refractivity contribution is 0.420. The summed E-state index contributed by atoms with van der Waals surface area (Å²) in [5.74, 6) is 0.697. The highest BCUT2D eigenvalue weighted by Crippen LogP contribution is 2.40. The zero-order valence-electron chi connectivity index (χ0n) is 9.52. The van der Waals surface area contributed by atoms with Crippen molar-refractivity contribution < 1.29 is 0 Å². The summed E-state index contributed by atoms with van der Waals surface area (Å²) in [4.78, 5) is 7.47. The van der Waals surface area contributed by atoms with Crippen LogP contribution in [0.2, 0.25) is 0 Å². The van der Waals surface area contributed by atoms with E-state index in [1.54, 1.807) is 12.4 Å². The van der Waals surface area contributed by atoms with E-state index in [4.69, 9.17) is 12.2 Å². The van der Waals surface area contributed by atoms with E-state index in [0.717, 1.165) is 10.3 Å². The monoisotopic (exact) mass is 242 g/mol. The van der Waals surface area contributed by atoms with Crippen molar-refractivity contribution in [3.63, 3.8) is 0 Å². The topological polar surface area (TPSA) is 28.7 Å². The third-order valence-electron chi connectivity index (χ3n) is 3.47. The highest BCUT2D eigenvalue weighted by molar-refractivity contribution is 7.71. The lowest BCUT2D eigenvalue weighted by Gasteiger charge is -2.27. The second kappa shape index (κ2) is 4.41. The molecule has 3 heteroatoms. The number of aromatic amines is 1. The second-order valence-electron chi connectivity index (χ2n) is 4.48. The molecule has 1 heterocycles. The first-order valence-corrected chi connectivity index (χ1v) is 6.40. The van der Waals surface area contributed by atoms with Crippen LogP contribution in [0.15, 0.2) is 36.7 Å². The van der Waals surface area contributed by atoms with Crippen LogP contribution in [-0.2, 0) is 0 Å². The van der Waals surface area contributed by atoms with Crippen molar-refractivity contribution in [2.45, 2.75) is 25.2 Å². The molecule has 1 aliphatic rings. The molecular formula is C14H14N2S. The van der Waals surface area contributed by atoms with Gasteiger partial charge < -0.3 is 4.98 Å². The molecule has 86 valence electrons. The van der Waals surface area contributed by atoms with E-state index >= 15 is 0 Å². The van der Waals surface area contributed by atoms with Crippen LogP contribution in [-0.4, -0.2) is 9.97 Å². The predicted octanol–water partition coefficient (Wildman–Crippen LogP) is 4.07. The fourth-order valence-corrected chi connectivity index (χ4v) is 2.56. The van der Waals surface area contributed by atoms with Gasteiger partial charge in [0.25, 0.3) is 0 Å². The summed E-state index contributed by atoms with van der Waals surface area (Å²) in [5.41, 5.74) is 3.50. The highest BCUT2D eigenvalue weighted by Gasteiger charge is 2.22. The molecule has 17 heavy (non-hydrogen) atoms. The van der Waals surface area contributed by atoms with E-state index in [-0.39, 0.29) is 0 Å². The number of hydrogen-bond acceptors (Lipinski definition) is 2. The maximum Gasteiger partial charge on any atom is 0.129 e. The lowest BCUT2D eigenvalue weighted by atomic mass is 9.78. The molecule has 2 nitrogen and oxygen atoms in total. The number of H-pyrrole nitrogens is 1. The molecule has 3 rings (SSSR count). The smallest absolute Gasteiger partial charge is 0.129 e. The van der Waals surface area contributed by atoms with Gasteiger partial charge in [0.2, 0.25) is 0 Å². The van der Waals surface area contributed by atoms with Gasteiger partial charge >= 0.3 is 0 Å². The van der Waals surface area contributed by atoms with Crippen molar-refractivity contribution in [2.24, 2.45) is 0 Å². The Labute approximate surface area is 106 Å². The third kappa shape index (κ3) is 1.91. The molecule has 1 saturated carbocycles. The SMILES string of the molecule is S=c1[nH]ccnc1-c1ccccc1C1CCC1. The zero-order valence-corrected chi connectivity index (χ0v) is 10.3. The van der Waals surface area contributed by atoms with Gasteiger partial charge in [0.05, 0.1) is 0 Å². The second-order valence-corrected chi connectivity index (χ2v) is 4.89. The van der Waals surface area contributed by atoms with Gasteiger partial charge in [-0.15, -0.1) is 0 Å². The highest BCUT2D eigenvalue weighted by atomic mass is 32.1. The third-order valence-corrected chi connectivity index (χ3v) is 3.78. The predicted molar refractivity (Wildman–Crippen MR) is 71.4 cm³/mol. The van der Waals surface area contributed by atoms with Crippen LogP contribution in [0.5, 0.6) is 0 Å². The minimum atomic E-state index is 0.697. The van der Waals surface area contributed by atoms with Gasteiger partial charge in [0, 0.05) is 18.0 Å². The van der Waals surface area contributed by atoms with Crippen LogP contribution in [0, 0.1) is 4.64 Å². The lowest BCUT2D eigenvalue weighted by Crippen LogP contribution is -2.10. The Balaban J connectivity index is 2.14. The maximum atomic E-state index is 5.32. The molecule has 0 aliphatic heterocycles. The van der Waals surface area contributed by atoms with E-state index < -0.39 is 0 Å². The number of rotatable bonds is 2. The van der Waals surface area contributed by atoms with Crippen molar-refractivity contribution in [1.29, 1.82) is 0 Å². The minimum Gasteiger partial charge on any atom is -0.350 e. The molecular weight excluding hydrogens is 228 g/mol. The first kappa shape index (κ1) is 10.7. The van der Waals surface area contributed by atoms with Crippen molar-refractivity contribution in [1.82, 2.24) is 9.97 Å². The molecule has 0 spiro atoms. The molecule has 1 aliphatic carbocycles. The van der Waals surface area contributed by atoms with Crippen molar-refractivity contribution in [3.8, 4) is 11.3 Å². The number of aromatic nitrogens is 2. The molecule has 0 bridgehead atoms. The van der Waals surface area contributed by atoms with E-state index in [1.165, 1.54) is 30.4 Å². The summed E-state index contributed by atoms with van der Waals surface area (Å²) < 4.78 is 0.722. The molecule has 2 aromatic rings. The van der Waals surface area contributed by atoms with E-state index in [1.807, 2.05) is 0 Å². The molecule has 0 amide bonds. The molecule has 1 fully saturated rings. The molecule has 1 aromatic carbocycles. The number of benzene rings is 1. The van der Waals surface area contributed by atoms with Gasteiger partial charge in [0.1, 0.15) is 10.3 Å². The van der Waals surface area contributed by atoms with E-state index in [2.05, 4.69) is 34.2 Å². The normalized spacial score (nSPS) is 15.5. The summed E-state index contributed by atoms with van der Waals surface area (Å²) in [6, 6.07) is 8.50. The first-order chi connectivity index (χ1) is 8.36. The van der Waals surface area contributed by atoms with Crippen LogP contribution >= 0.6 is 12.2 Å². The summed E-state index contributed by atoms with van der Waals surface area (Å²) in [7, 11) is 0. The van der Waals surface area contributed by atoms with Gasteiger partial charge in [-0.25, -0.2) is 0 Å². The Morgan fingerprint density at radius 3 is 2.76 bits per heavy atom. The van der Waals surface area contributed by atoms with E-state index in [0.29, 0.717) is 5.92 Å². The molecule has 0 saturated heterocycles. The van der Waals surface area contributed by atoms with Gasteiger partial charge in [-0.05, 0) is 24.3 Å². The average molecular weight is 242 g/mol. The van der Waals surface area contributed by atoms with E-state index in [9.17, 15) is 0 Å². The molecule has 1 aromatic heterocycles.